The van der Waals surface area contributed by atoms with Crippen LogP contribution in [0.15, 0.2) is 24.3 Å². The Morgan fingerprint density at radius 1 is 1.19 bits per heavy atom. The second-order valence-corrected chi connectivity index (χ2v) is 5.86. The Bertz CT molecular complexity index is 491. The number of hydrogen-bond donors (Lipinski definition) is 3. The van der Waals surface area contributed by atoms with Crippen LogP contribution in [-0.4, -0.2) is 24.4 Å². The second-order valence-electron chi connectivity index (χ2n) is 5.86. The highest BCUT2D eigenvalue weighted by Gasteiger charge is 2.21. The first-order valence-corrected chi connectivity index (χ1v) is 7.49. The highest BCUT2D eigenvalue weighted by molar-refractivity contribution is 5.95. The largest absolute Gasteiger partial charge is 0.326 e. The maximum absolute atomic E-state index is 12.0. The highest BCUT2D eigenvalue weighted by atomic mass is 16.2. The summed E-state index contributed by atoms with van der Waals surface area (Å²) in [6.45, 7) is 4.92. The standard InChI is InChI=1S/C16H23N3O2/c1-11(2)10-15(20)18-12-5-7-13(8-6-12)19-16(21)14-4-3-9-17-14/h5-8,11,14,17H,3-4,9-10H2,1-2H3,(H,18,20)(H,19,21). The van der Waals surface area contributed by atoms with Gasteiger partial charge in [0.1, 0.15) is 0 Å². The fraction of sp³-hybridized carbons (Fsp3) is 0.500. The molecule has 1 heterocycles. The van der Waals surface area contributed by atoms with Gasteiger partial charge in [-0.1, -0.05) is 13.8 Å². The third-order valence-corrected chi connectivity index (χ3v) is 3.41. The predicted molar refractivity (Wildman–Crippen MR) is 84.2 cm³/mol. The zero-order chi connectivity index (χ0) is 15.2. The van der Waals surface area contributed by atoms with Gasteiger partial charge in [-0.15, -0.1) is 0 Å². The molecular weight excluding hydrogens is 266 g/mol. The van der Waals surface area contributed by atoms with Crippen molar-refractivity contribution in [2.75, 3.05) is 17.2 Å². The lowest BCUT2D eigenvalue weighted by molar-refractivity contribution is -0.118. The van der Waals surface area contributed by atoms with Crippen molar-refractivity contribution in [3.8, 4) is 0 Å². The molecule has 1 saturated heterocycles. The van der Waals surface area contributed by atoms with Gasteiger partial charge in [-0.25, -0.2) is 0 Å². The molecule has 2 amide bonds. The van der Waals surface area contributed by atoms with Gasteiger partial charge >= 0.3 is 0 Å². The highest BCUT2D eigenvalue weighted by Crippen LogP contribution is 2.16. The minimum Gasteiger partial charge on any atom is -0.326 e. The van der Waals surface area contributed by atoms with E-state index in [1.807, 2.05) is 13.8 Å². The average molecular weight is 289 g/mol. The molecule has 0 aromatic heterocycles. The van der Waals surface area contributed by atoms with Gasteiger partial charge in [0, 0.05) is 17.8 Å². The number of rotatable bonds is 5. The van der Waals surface area contributed by atoms with Crippen LogP contribution in [0.25, 0.3) is 0 Å². The Morgan fingerprint density at radius 2 is 1.81 bits per heavy atom. The molecule has 5 heteroatoms. The smallest absolute Gasteiger partial charge is 0.241 e. The molecular formula is C16H23N3O2. The van der Waals surface area contributed by atoms with Gasteiger partial charge in [-0.3, -0.25) is 9.59 Å². The van der Waals surface area contributed by atoms with E-state index in [2.05, 4.69) is 16.0 Å². The summed E-state index contributed by atoms with van der Waals surface area (Å²) >= 11 is 0. The van der Waals surface area contributed by atoms with Crippen molar-refractivity contribution in [3.63, 3.8) is 0 Å². The molecule has 1 aliphatic rings. The van der Waals surface area contributed by atoms with Crippen LogP contribution in [-0.2, 0) is 9.59 Å². The van der Waals surface area contributed by atoms with E-state index in [0.717, 1.165) is 30.8 Å². The molecule has 21 heavy (non-hydrogen) atoms. The number of benzene rings is 1. The van der Waals surface area contributed by atoms with Crippen LogP contribution in [0.3, 0.4) is 0 Å². The van der Waals surface area contributed by atoms with Crippen LogP contribution in [0, 0.1) is 5.92 Å². The van der Waals surface area contributed by atoms with E-state index < -0.39 is 0 Å². The van der Waals surface area contributed by atoms with Crippen LogP contribution in [0.4, 0.5) is 11.4 Å². The first-order chi connectivity index (χ1) is 10.0. The van der Waals surface area contributed by atoms with Gasteiger partial charge in [-0.2, -0.15) is 0 Å². The summed E-state index contributed by atoms with van der Waals surface area (Å²) < 4.78 is 0. The van der Waals surface area contributed by atoms with Gasteiger partial charge in [0.2, 0.25) is 11.8 Å². The van der Waals surface area contributed by atoms with E-state index in [1.165, 1.54) is 0 Å². The second kappa shape index (κ2) is 7.22. The van der Waals surface area contributed by atoms with Crippen molar-refractivity contribution in [1.29, 1.82) is 0 Å². The molecule has 0 bridgehead atoms. The number of hydrogen-bond acceptors (Lipinski definition) is 3. The summed E-state index contributed by atoms with van der Waals surface area (Å²) in [4.78, 5) is 23.6. The van der Waals surface area contributed by atoms with Crippen LogP contribution < -0.4 is 16.0 Å². The van der Waals surface area contributed by atoms with E-state index >= 15 is 0 Å². The third kappa shape index (κ3) is 4.86. The molecule has 0 aliphatic carbocycles. The van der Waals surface area contributed by atoms with Crippen LogP contribution in [0.5, 0.6) is 0 Å². The van der Waals surface area contributed by atoms with Crippen LogP contribution in [0.1, 0.15) is 33.1 Å². The van der Waals surface area contributed by atoms with E-state index in [9.17, 15) is 9.59 Å². The molecule has 1 atom stereocenters. The summed E-state index contributed by atoms with van der Waals surface area (Å²) in [5, 5.41) is 8.89. The molecule has 1 fully saturated rings. The molecule has 3 N–H and O–H groups in total. The van der Waals surface area contributed by atoms with Crippen molar-refractivity contribution < 1.29 is 9.59 Å². The quantitative estimate of drug-likeness (QED) is 0.779. The van der Waals surface area contributed by atoms with Gasteiger partial charge < -0.3 is 16.0 Å². The van der Waals surface area contributed by atoms with Gasteiger partial charge in [0.15, 0.2) is 0 Å². The lowest BCUT2D eigenvalue weighted by Crippen LogP contribution is -2.35. The van der Waals surface area contributed by atoms with Crippen molar-refractivity contribution in [3.05, 3.63) is 24.3 Å². The van der Waals surface area contributed by atoms with Crippen molar-refractivity contribution in [1.82, 2.24) is 5.32 Å². The average Bonchev–Trinajstić information content (AvgIpc) is 2.94. The molecule has 1 aliphatic heterocycles. The van der Waals surface area contributed by atoms with Crippen molar-refractivity contribution in [2.24, 2.45) is 5.92 Å². The molecule has 114 valence electrons. The SMILES string of the molecule is CC(C)CC(=O)Nc1ccc(NC(=O)C2CCCN2)cc1. The van der Waals surface area contributed by atoms with Gasteiger partial charge in [0.05, 0.1) is 6.04 Å². The number of carbonyl (C=O) groups excluding carboxylic acids is 2. The molecule has 1 unspecified atom stereocenters. The Kier molecular flexibility index (Phi) is 5.33. The van der Waals surface area contributed by atoms with E-state index in [1.54, 1.807) is 24.3 Å². The molecule has 0 saturated carbocycles. The van der Waals surface area contributed by atoms with E-state index in [0.29, 0.717) is 12.3 Å². The van der Waals surface area contributed by atoms with E-state index in [-0.39, 0.29) is 17.9 Å². The molecule has 5 nitrogen and oxygen atoms in total. The molecule has 0 radical (unpaired) electrons. The third-order valence-electron chi connectivity index (χ3n) is 3.41. The molecule has 2 rings (SSSR count). The fourth-order valence-corrected chi connectivity index (χ4v) is 2.36. The maximum atomic E-state index is 12.0. The first kappa shape index (κ1) is 15.5. The topological polar surface area (TPSA) is 70.2 Å². The van der Waals surface area contributed by atoms with Crippen LogP contribution >= 0.6 is 0 Å². The van der Waals surface area contributed by atoms with Crippen molar-refractivity contribution >= 4 is 23.2 Å². The molecule has 1 aromatic rings. The monoisotopic (exact) mass is 289 g/mol. The predicted octanol–water partition coefficient (Wildman–Crippen LogP) is 2.36. The lowest BCUT2D eigenvalue weighted by atomic mass is 10.1. The van der Waals surface area contributed by atoms with Gasteiger partial charge in [0.25, 0.3) is 0 Å². The zero-order valence-electron chi connectivity index (χ0n) is 12.6. The Hall–Kier alpha value is -1.88. The van der Waals surface area contributed by atoms with Gasteiger partial charge in [-0.05, 0) is 49.6 Å². The number of nitrogens with one attached hydrogen (secondary N) is 3. The summed E-state index contributed by atoms with van der Waals surface area (Å²) in [6, 6.07) is 7.12. The summed E-state index contributed by atoms with van der Waals surface area (Å²) in [5.41, 5.74) is 1.49. The van der Waals surface area contributed by atoms with Crippen molar-refractivity contribution in [2.45, 2.75) is 39.2 Å². The minimum atomic E-state index is -0.0876. The normalized spacial score (nSPS) is 17.8. The fourth-order valence-electron chi connectivity index (χ4n) is 2.36. The lowest BCUT2D eigenvalue weighted by Gasteiger charge is -2.12. The Morgan fingerprint density at radius 3 is 2.33 bits per heavy atom. The van der Waals surface area contributed by atoms with E-state index in [4.69, 9.17) is 0 Å². The summed E-state index contributed by atoms with van der Waals surface area (Å²) in [6.07, 6.45) is 2.43. The number of anilines is 2. The maximum Gasteiger partial charge on any atom is 0.241 e. The first-order valence-electron chi connectivity index (χ1n) is 7.49. The van der Waals surface area contributed by atoms with Crippen LogP contribution in [0.2, 0.25) is 0 Å². The molecule has 1 aromatic carbocycles. The number of amides is 2. The number of carbonyl (C=O) groups is 2. The Balaban J connectivity index is 1.86. The zero-order valence-corrected chi connectivity index (χ0v) is 12.6. The molecule has 0 spiro atoms. The minimum absolute atomic E-state index is 0.00379. The summed E-state index contributed by atoms with van der Waals surface area (Å²) in [7, 11) is 0. The Labute approximate surface area is 125 Å². The summed E-state index contributed by atoms with van der Waals surface area (Å²) in [5.74, 6) is 0.350.